The zero-order valence-electron chi connectivity index (χ0n) is 11.7. The Morgan fingerprint density at radius 1 is 1.00 bits per heavy atom. The predicted molar refractivity (Wildman–Crippen MR) is 72.0 cm³/mol. The molecular formula is C13H27NO6. The molecule has 0 aromatic heterocycles. The highest BCUT2D eigenvalue weighted by Crippen LogP contribution is 2.28. The van der Waals surface area contributed by atoms with E-state index < -0.39 is 30.7 Å². The summed E-state index contributed by atoms with van der Waals surface area (Å²) in [5, 5.41) is 49.7. The van der Waals surface area contributed by atoms with Gasteiger partial charge in [0, 0.05) is 13.2 Å². The Labute approximate surface area is 119 Å². The Bertz CT molecular complexity index is 267. The average Bonchev–Trinajstić information content (AvgIpc) is 2.67. The van der Waals surface area contributed by atoms with E-state index >= 15 is 0 Å². The van der Waals surface area contributed by atoms with Crippen molar-refractivity contribution in [2.75, 3.05) is 26.3 Å². The van der Waals surface area contributed by atoms with Gasteiger partial charge in [0.15, 0.2) is 0 Å². The Morgan fingerprint density at radius 2 is 1.65 bits per heavy atom. The zero-order valence-corrected chi connectivity index (χ0v) is 11.7. The summed E-state index contributed by atoms with van der Waals surface area (Å²) in [5.41, 5.74) is 0. The molecule has 0 saturated carbocycles. The van der Waals surface area contributed by atoms with E-state index in [1.807, 2.05) is 0 Å². The molecule has 4 atom stereocenters. The van der Waals surface area contributed by atoms with E-state index in [0.29, 0.717) is 6.54 Å². The monoisotopic (exact) mass is 293 g/mol. The predicted octanol–water partition coefficient (Wildman–Crippen LogP) is -1.68. The van der Waals surface area contributed by atoms with E-state index in [1.165, 1.54) is 0 Å². The van der Waals surface area contributed by atoms with E-state index in [0.717, 1.165) is 38.6 Å². The van der Waals surface area contributed by atoms with Crippen molar-refractivity contribution in [1.82, 2.24) is 5.32 Å². The zero-order chi connectivity index (χ0) is 15.0. The second kappa shape index (κ2) is 8.89. The van der Waals surface area contributed by atoms with Crippen molar-refractivity contribution in [3.05, 3.63) is 0 Å². The molecule has 1 rings (SSSR count). The van der Waals surface area contributed by atoms with Gasteiger partial charge in [0.05, 0.1) is 6.61 Å². The smallest absolute Gasteiger partial charge is 0.219 e. The number of aliphatic hydroxyl groups excluding tert-OH is 4. The van der Waals surface area contributed by atoms with Crippen LogP contribution in [-0.4, -0.2) is 75.9 Å². The SMILES string of the molecule is OCCCCCCCNC[C@@H]1O[C@](O)(CO)[C@@H](O)[C@@H]1O. The van der Waals surface area contributed by atoms with E-state index in [4.69, 9.17) is 14.9 Å². The lowest BCUT2D eigenvalue weighted by Gasteiger charge is -2.22. The van der Waals surface area contributed by atoms with Gasteiger partial charge in [-0.05, 0) is 19.4 Å². The molecule has 7 nitrogen and oxygen atoms in total. The van der Waals surface area contributed by atoms with Crippen LogP contribution >= 0.6 is 0 Å². The van der Waals surface area contributed by atoms with Gasteiger partial charge < -0.3 is 35.6 Å². The van der Waals surface area contributed by atoms with Crippen LogP contribution in [0.25, 0.3) is 0 Å². The van der Waals surface area contributed by atoms with Gasteiger partial charge in [0.25, 0.3) is 0 Å². The Balaban J connectivity index is 2.11. The number of hydrogen-bond acceptors (Lipinski definition) is 7. The molecule has 1 heterocycles. The van der Waals surface area contributed by atoms with Crippen LogP contribution in [0.2, 0.25) is 0 Å². The minimum atomic E-state index is -2.07. The summed E-state index contributed by atoms with van der Waals surface area (Å²) in [4.78, 5) is 0. The van der Waals surface area contributed by atoms with Crippen molar-refractivity contribution < 1.29 is 30.3 Å². The van der Waals surface area contributed by atoms with Gasteiger partial charge in [-0.3, -0.25) is 0 Å². The van der Waals surface area contributed by atoms with E-state index in [2.05, 4.69) is 5.32 Å². The minimum absolute atomic E-state index is 0.241. The first-order chi connectivity index (χ1) is 9.55. The highest BCUT2D eigenvalue weighted by molar-refractivity contribution is 4.95. The fraction of sp³-hybridized carbons (Fsp3) is 1.00. The highest BCUT2D eigenvalue weighted by atomic mass is 16.7. The fourth-order valence-electron chi connectivity index (χ4n) is 2.30. The quantitative estimate of drug-likeness (QED) is 0.266. The first kappa shape index (κ1) is 17.8. The van der Waals surface area contributed by atoms with Gasteiger partial charge in [-0.15, -0.1) is 0 Å². The lowest BCUT2D eigenvalue weighted by Crippen LogP contribution is -2.46. The Hall–Kier alpha value is -0.280. The summed E-state index contributed by atoms with van der Waals surface area (Å²) < 4.78 is 5.10. The highest BCUT2D eigenvalue weighted by Gasteiger charge is 2.52. The Morgan fingerprint density at radius 3 is 2.25 bits per heavy atom. The van der Waals surface area contributed by atoms with Crippen molar-refractivity contribution in [2.24, 2.45) is 0 Å². The standard InChI is InChI=1S/C13H27NO6/c15-7-5-3-1-2-4-6-14-8-10-11(17)12(18)13(19,9-16)20-10/h10-12,14-19H,1-9H2/t10-,11+,12-,13+/m0/s1. The molecule has 0 spiro atoms. The van der Waals surface area contributed by atoms with Crippen molar-refractivity contribution in [1.29, 1.82) is 0 Å². The van der Waals surface area contributed by atoms with Crippen LogP contribution in [0.1, 0.15) is 32.1 Å². The van der Waals surface area contributed by atoms with Gasteiger partial charge >= 0.3 is 0 Å². The first-order valence-corrected chi connectivity index (χ1v) is 7.24. The Kier molecular flexibility index (Phi) is 7.90. The van der Waals surface area contributed by atoms with E-state index in [9.17, 15) is 15.3 Å². The maximum absolute atomic E-state index is 9.71. The van der Waals surface area contributed by atoms with Crippen LogP contribution in [0.3, 0.4) is 0 Å². The van der Waals surface area contributed by atoms with Crippen molar-refractivity contribution in [3.63, 3.8) is 0 Å². The third-order valence-corrected chi connectivity index (χ3v) is 3.61. The molecule has 6 N–H and O–H groups in total. The minimum Gasteiger partial charge on any atom is -0.396 e. The summed E-state index contributed by atoms with van der Waals surface area (Å²) in [6.07, 6.45) is 1.52. The second-order valence-electron chi connectivity index (χ2n) is 5.29. The molecule has 0 amide bonds. The molecular weight excluding hydrogens is 266 g/mol. The number of ether oxygens (including phenoxy) is 1. The molecule has 0 aromatic rings. The van der Waals surface area contributed by atoms with Crippen LogP contribution < -0.4 is 5.32 Å². The molecule has 20 heavy (non-hydrogen) atoms. The molecule has 7 heteroatoms. The summed E-state index contributed by atoms with van der Waals surface area (Å²) in [6.45, 7) is 0.536. The number of nitrogens with one attached hydrogen (secondary N) is 1. The number of hydrogen-bond donors (Lipinski definition) is 6. The van der Waals surface area contributed by atoms with E-state index in [1.54, 1.807) is 0 Å². The number of aliphatic hydroxyl groups is 5. The molecule has 0 aromatic carbocycles. The van der Waals surface area contributed by atoms with Crippen molar-refractivity contribution in [3.8, 4) is 0 Å². The lowest BCUT2D eigenvalue weighted by molar-refractivity contribution is -0.245. The summed E-state index contributed by atoms with van der Waals surface area (Å²) in [5.74, 6) is -2.07. The first-order valence-electron chi connectivity index (χ1n) is 7.24. The maximum atomic E-state index is 9.71. The lowest BCUT2D eigenvalue weighted by atomic mass is 10.1. The third-order valence-electron chi connectivity index (χ3n) is 3.61. The number of rotatable bonds is 10. The molecule has 0 unspecified atom stereocenters. The molecule has 0 aliphatic carbocycles. The second-order valence-corrected chi connectivity index (χ2v) is 5.29. The van der Waals surface area contributed by atoms with Gasteiger partial charge in [-0.25, -0.2) is 0 Å². The molecule has 120 valence electrons. The molecule has 0 radical (unpaired) electrons. The maximum Gasteiger partial charge on any atom is 0.219 e. The summed E-state index contributed by atoms with van der Waals surface area (Å²) >= 11 is 0. The van der Waals surface area contributed by atoms with Gasteiger partial charge in [-0.2, -0.15) is 0 Å². The molecule has 1 aliphatic heterocycles. The fourth-order valence-corrected chi connectivity index (χ4v) is 2.30. The summed E-state index contributed by atoms with van der Waals surface area (Å²) in [7, 11) is 0. The van der Waals surface area contributed by atoms with Crippen LogP contribution in [-0.2, 0) is 4.74 Å². The van der Waals surface area contributed by atoms with Crippen LogP contribution in [0.5, 0.6) is 0 Å². The average molecular weight is 293 g/mol. The van der Waals surface area contributed by atoms with Gasteiger partial charge in [0.1, 0.15) is 18.3 Å². The third kappa shape index (κ3) is 4.92. The van der Waals surface area contributed by atoms with Crippen molar-refractivity contribution >= 4 is 0 Å². The topological polar surface area (TPSA) is 122 Å². The van der Waals surface area contributed by atoms with Crippen LogP contribution in [0, 0.1) is 0 Å². The molecule has 0 bridgehead atoms. The molecule has 1 fully saturated rings. The van der Waals surface area contributed by atoms with Crippen molar-refractivity contribution in [2.45, 2.75) is 56.2 Å². The van der Waals surface area contributed by atoms with Crippen LogP contribution in [0.4, 0.5) is 0 Å². The number of unbranched alkanes of at least 4 members (excludes halogenated alkanes) is 4. The van der Waals surface area contributed by atoms with Crippen LogP contribution in [0.15, 0.2) is 0 Å². The van der Waals surface area contributed by atoms with Gasteiger partial charge in [0.2, 0.25) is 5.79 Å². The molecule has 1 aliphatic rings. The van der Waals surface area contributed by atoms with Gasteiger partial charge in [-0.1, -0.05) is 19.3 Å². The largest absolute Gasteiger partial charge is 0.396 e. The molecule has 1 saturated heterocycles. The normalized spacial score (nSPS) is 33.8. The summed E-state index contributed by atoms with van der Waals surface area (Å²) in [6, 6.07) is 0. The van der Waals surface area contributed by atoms with E-state index in [-0.39, 0.29) is 6.61 Å².